The number of carbonyl (C=O) groups is 1. The monoisotopic (exact) mass is 359 g/mol. The number of carboxylic acid groups (broad SMARTS) is 1. The topological polar surface area (TPSA) is 112 Å². The van der Waals surface area contributed by atoms with Crippen LogP contribution in [-0.2, 0) is 10.0 Å². The lowest BCUT2D eigenvalue weighted by Crippen LogP contribution is -2.16. The number of carboxylic acids is 1. The van der Waals surface area contributed by atoms with Gasteiger partial charge in [-0.05, 0) is 30.7 Å². The zero-order valence-electron chi connectivity index (χ0n) is 10.2. The van der Waals surface area contributed by atoms with Crippen LogP contribution in [0.1, 0.15) is 15.9 Å². The highest BCUT2D eigenvalue weighted by molar-refractivity contribution is 9.10. The Labute approximate surface area is 123 Å². The molecule has 0 bridgehead atoms. The lowest BCUT2D eigenvalue weighted by molar-refractivity contribution is 0.0692. The van der Waals surface area contributed by atoms with Crippen LogP contribution in [0.3, 0.4) is 0 Å². The third-order valence-electron chi connectivity index (χ3n) is 2.40. The number of anilines is 1. The van der Waals surface area contributed by atoms with Crippen LogP contribution in [0, 0.1) is 6.92 Å². The van der Waals surface area contributed by atoms with Crippen LogP contribution in [0.15, 0.2) is 33.9 Å². The van der Waals surface area contributed by atoms with E-state index in [9.17, 15) is 13.2 Å². The van der Waals surface area contributed by atoms with Crippen LogP contribution in [0.25, 0.3) is 0 Å². The number of aromatic carboxylic acids is 1. The molecule has 0 fully saturated rings. The molecule has 0 unspecified atom stereocenters. The van der Waals surface area contributed by atoms with E-state index in [0.29, 0.717) is 10.2 Å². The number of sulfonamides is 1. The van der Waals surface area contributed by atoms with Crippen molar-refractivity contribution in [1.82, 2.24) is 10.2 Å². The number of H-pyrrole nitrogens is 1. The third kappa shape index (κ3) is 2.99. The summed E-state index contributed by atoms with van der Waals surface area (Å²) in [5.41, 5.74) is 0.757. The first kappa shape index (κ1) is 14.5. The van der Waals surface area contributed by atoms with E-state index in [0.717, 1.165) is 11.8 Å². The second-order valence-electron chi connectivity index (χ2n) is 4.04. The van der Waals surface area contributed by atoms with Crippen molar-refractivity contribution in [2.24, 2.45) is 0 Å². The number of aromatic nitrogens is 2. The molecule has 9 heteroatoms. The first-order valence-electron chi connectivity index (χ1n) is 5.36. The number of nitrogens with one attached hydrogen (secondary N) is 2. The lowest BCUT2D eigenvalue weighted by Gasteiger charge is -2.08. The fraction of sp³-hybridized carbons (Fsp3) is 0.0909. The minimum Gasteiger partial charge on any atom is -0.478 e. The van der Waals surface area contributed by atoms with Gasteiger partial charge in [0.25, 0.3) is 10.0 Å². The summed E-state index contributed by atoms with van der Waals surface area (Å²) in [6.07, 6.45) is 0.947. The van der Waals surface area contributed by atoms with Gasteiger partial charge in [0.05, 0.1) is 11.9 Å². The molecule has 2 aromatic rings. The van der Waals surface area contributed by atoms with Crippen molar-refractivity contribution in [2.75, 3.05) is 4.72 Å². The summed E-state index contributed by atoms with van der Waals surface area (Å²) in [6.45, 7) is 1.81. The summed E-state index contributed by atoms with van der Waals surface area (Å²) in [5.74, 6) is -1.37. The van der Waals surface area contributed by atoms with Gasteiger partial charge in [-0.25, -0.2) is 4.79 Å². The fourth-order valence-corrected chi connectivity index (χ4v) is 3.37. The third-order valence-corrected chi connectivity index (χ3v) is 4.21. The van der Waals surface area contributed by atoms with E-state index in [-0.39, 0.29) is 0 Å². The van der Waals surface area contributed by atoms with Gasteiger partial charge in [-0.2, -0.15) is 13.5 Å². The largest absolute Gasteiger partial charge is 0.478 e. The quantitative estimate of drug-likeness (QED) is 0.772. The number of hydrogen-bond donors (Lipinski definition) is 3. The molecule has 0 aliphatic rings. The molecule has 0 saturated carbocycles. The minimum atomic E-state index is -4.05. The van der Waals surface area contributed by atoms with E-state index in [1.165, 1.54) is 0 Å². The van der Waals surface area contributed by atoms with E-state index in [2.05, 4.69) is 30.8 Å². The summed E-state index contributed by atoms with van der Waals surface area (Å²) in [6, 6.07) is 5.01. The Morgan fingerprint density at radius 1 is 1.40 bits per heavy atom. The molecule has 0 amide bonds. The van der Waals surface area contributed by atoms with Crippen molar-refractivity contribution >= 4 is 37.6 Å². The molecule has 3 N–H and O–H groups in total. The van der Waals surface area contributed by atoms with Gasteiger partial charge in [-0.3, -0.25) is 9.82 Å². The summed E-state index contributed by atoms with van der Waals surface area (Å²) < 4.78 is 27.3. The summed E-state index contributed by atoms with van der Waals surface area (Å²) in [4.78, 5) is 10.9. The van der Waals surface area contributed by atoms with Crippen molar-refractivity contribution in [3.8, 4) is 0 Å². The molecule has 1 heterocycles. The summed E-state index contributed by atoms with van der Waals surface area (Å²) in [7, 11) is -4.05. The zero-order chi connectivity index (χ0) is 14.9. The molecule has 0 radical (unpaired) electrons. The van der Waals surface area contributed by atoms with Crippen molar-refractivity contribution in [3.63, 3.8) is 0 Å². The number of rotatable bonds is 4. The number of benzene rings is 1. The molecule has 1 aromatic carbocycles. The number of aromatic amines is 1. The predicted octanol–water partition coefficient (Wildman–Crippen LogP) is 1.98. The molecular formula is C11H10BrN3O4S. The lowest BCUT2D eigenvalue weighted by atomic mass is 10.2. The molecule has 0 saturated heterocycles. The van der Waals surface area contributed by atoms with Crippen LogP contribution in [0.4, 0.5) is 5.69 Å². The molecule has 106 valence electrons. The van der Waals surface area contributed by atoms with Gasteiger partial charge in [0.15, 0.2) is 5.03 Å². The summed E-state index contributed by atoms with van der Waals surface area (Å²) >= 11 is 3.26. The highest BCUT2D eigenvalue weighted by atomic mass is 79.9. The first-order chi connectivity index (χ1) is 9.29. The molecule has 0 aliphatic heterocycles. The number of hydrogen-bond acceptors (Lipinski definition) is 4. The van der Waals surface area contributed by atoms with E-state index < -0.39 is 26.6 Å². The highest BCUT2D eigenvalue weighted by Gasteiger charge is 2.24. The average molecular weight is 360 g/mol. The predicted molar refractivity (Wildman–Crippen MR) is 75.2 cm³/mol. The molecule has 7 nitrogen and oxygen atoms in total. The highest BCUT2D eigenvalue weighted by Crippen LogP contribution is 2.22. The van der Waals surface area contributed by atoms with Gasteiger partial charge in [-0.15, -0.1) is 0 Å². The maximum Gasteiger partial charge on any atom is 0.340 e. The Hall–Kier alpha value is -1.87. The Kier molecular flexibility index (Phi) is 3.82. The van der Waals surface area contributed by atoms with Gasteiger partial charge in [0.1, 0.15) is 5.56 Å². The Balaban J connectivity index is 2.41. The molecule has 1 aromatic heterocycles. The van der Waals surface area contributed by atoms with E-state index in [1.807, 2.05) is 6.07 Å². The van der Waals surface area contributed by atoms with Gasteiger partial charge in [0.2, 0.25) is 0 Å². The van der Waals surface area contributed by atoms with Gasteiger partial charge in [-0.1, -0.05) is 15.9 Å². The van der Waals surface area contributed by atoms with Crippen LogP contribution in [-0.4, -0.2) is 29.7 Å². The zero-order valence-corrected chi connectivity index (χ0v) is 12.6. The first-order valence-corrected chi connectivity index (χ1v) is 7.64. The second-order valence-corrected chi connectivity index (χ2v) is 6.58. The number of nitrogens with zero attached hydrogens (tertiary/aromatic N) is 1. The number of aryl methyl sites for hydroxylation is 1. The van der Waals surface area contributed by atoms with E-state index in [4.69, 9.17) is 5.11 Å². The molecular weight excluding hydrogens is 350 g/mol. The summed E-state index contributed by atoms with van der Waals surface area (Å²) in [5, 5.41) is 14.1. The van der Waals surface area contributed by atoms with Crippen LogP contribution in [0.5, 0.6) is 0 Å². The minimum absolute atomic E-state index is 0.322. The van der Waals surface area contributed by atoms with Crippen LogP contribution < -0.4 is 4.72 Å². The van der Waals surface area contributed by atoms with E-state index >= 15 is 0 Å². The average Bonchev–Trinajstić information content (AvgIpc) is 2.75. The van der Waals surface area contributed by atoms with Crippen LogP contribution >= 0.6 is 15.9 Å². The van der Waals surface area contributed by atoms with Gasteiger partial charge >= 0.3 is 5.97 Å². The molecule has 2 rings (SSSR count). The maximum absolute atomic E-state index is 12.1. The number of halogens is 1. The smallest absolute Gasteiger partial charge is 0.340 e. The molecule has 0 atom stereocenters. The SMILES string of the molecule is Cc1cc(Br)cc(NS(=O)(=O)c2[nH]ncc2C(=O)O)c1. The molecule has 20 heavy (non-hydrogen) atoms. The van der Waals surface area contributed by atoms with Crippen molar-refractivity contribution in [3.05, 3.63) is 40.0 Å². The van der Waals surface area contributed by atoms with E-state index in [1.54, 1.807) is 19.1 Å². The second kappa shape index (κ2) is 5.25. The van der Waals surface area contributed by atoms with Crippen molar-refractivity contribution in [1.29, 1.82) is 0 Å². The van der Waals surface area contributed by atoms with Crippen molar-refractivity contribution in [2.45, 2.75) is 11.9 Å². The van der Waals surface area contributed by atoms with Crippen LogP contribution in [0.2, 0.25) is 0 Å². The maximum atomic E-state index is 12.1. The Bertz CT molecular complexity index is 749. The fourth-order valence-electron chi connectivity index (χ4n) is 1.63. The Morgan fingerprint density at radius 2 is 2.10 bits per heavy atom. The normalized spacial score (nSPS) is 11.3. The van der Waals surface area contributed by atoms with Gasteiger partial charge < -0.3 is 5.11 Å². The standard InChI is InChI=1S/C11H10BrN3O4S/c1-6-2-7(12)4-8(3-6)15-20(18,19)10-9(11(16)17)5-13-14-10/h2-5,15H,1H3,(H,13,14)(H,16,17). The Morgan fingerprint density at radius 3 is 2.70 bits per heavy atom. The van der Waals surface area contributed by atoms with Gasteiger partial charge in [0, 0.05) is 4.47 Å². The molecule has 0 spiro atoms. The van der Waals surface area contributed by atoms with Crippen molar-refractivity contribution < 1.29 is 18.3 Å². The molecule has 0 aliphatic carbocycles.